The van der Waals surface area contributed by atoms with E-state index in [1.165, 1.54) is 17.5 Å². The van der Waals surface area contributed by atoms with E-state index in [2.05, 4.69) is 87.2 Å². The molecule has 2 aromatic carbocycles. The molecule has 4 rings (SSSR count). The van der Waals surface area contributed by atoms with Gasteiger partial charge in [0.1, 0.15) is 11.2 Å². The van der Waals surface area contributed by atoms with Crippen LogP contribution in [0, 0.1) is 11.8 Å². The van der Waals surface area contributed by atoms with Crippen molar-refractivity contribution in [3.05, 3.63) is 71.8 Å². The molecule has 2 nitrogen and oxygen atoms in total. The summed E-state index contributed by atoms with van der Waals surface area (Å²) in [6.07, 6.45) is 1.23. The van der Waals surface area contributed by atoms with Gasteiger partial charge in [-0.15, -0.1) is 0 Å². The number of hydrogen-bond donors (Lipinski definition) is 0. The van der Waals surface area contributed by atoms with Crippen molar-refractivity contribution < 1.29 is 9.16 Å². The lowest BCUT2D eigenvalue weighted by molar-refractivity contribution is -0.294. The fourth-order valence-corrected chi connectivity index (χ4v) is 6.04. The van der Waals surface area contributed by atoms with Crippen molar-refractivity contribution in [2.24, 2.45) is 11.8 Å². The zero-order chi connectivity index (χ0) is 17.7. The van der Waals surface area contributed by atoms with Gasteiger partial charge in [-0.3, -0.25) is 0 Å². The van der Waals surface area contributed by atoms with Crippen LogP contribution in [0.1, 0.15) is 24.5 Å². The summed E-state index contributed by atoms with van der Waals surface area (Å²) in [5.74, 6) is 1.26. The van der Waals surface area contributed by atoms with Crippen molar-refractivity contribution in [2.75, 3.05) is 6.61 Å². The van der Waals surface area contributed by atoms with Gasteiger partial charge in [0.25, 0.3) is 0 Å². The standard InChI is InChI=1S/C22H28O2Si/c1-17-15-20(17)21(24-25(2,3)4)16-23-22(21,18-11-7-5-8-12-18)19-13-9-6-10-14-19/h5-14,17,20H,15-16H2,1-4H3. The maximum absolute atomic E-state index is 6.99. The largest absolute Gasteiger partial charge is 0.406 e. The molecule has 1 heterocycles. The van der Waals surface area contributed by atoms with E-state index >= 15 is 0 Å². The SMILES string of the molecule is CC1CC1C1(O[Si](C)(C)C)COC1(c1ccccc1)c1ccccc1. The summed E-state index contributed by atoms with van der Waals surface area (Å²) in [6, 6.07) is 21.4. The first kappa shape index (κ1) is 17.0. The average Bonchev–Trinajstić information content (AvgIpc) is 3.30. The highest BCUT2D eigenvalue weighted by Crippen LogP contribution is 2.64. The Balaban J connectivity index is 1.91. The molecule has 3 atom stereocenters. The minimum atomic E-state index is -1.75. The third-order valence-corrected chi connectivity index (χ3v) is 6.63. The van der Waals surface area contributed by atoms with Crippen LogP contribution >= 0.6 is 0 Å². The smallest absolute Gasteiger partial charge is 0.184 e. The van der Waals surface area contributed by atoms with Crippen molar-refractivity contribution in [3.63, 3.8) is 0 Å². The maximum Gasteiger partial charge on any atom is 0.184 e. The third-order valence-electron chi connectivity index (χ3n) is 5.66. The predicted molar refractivity (Wildman–Crippen MR) is 104 cm³/mol. The van der Waals surface area contributed by atoms with Crippen LogP contribution in [0.2, 0.25) is 19.6 Å². The molecule has 3 heteroatoms. The number of benzene rings is 2. The van der Waals surface area contributed by atoms with Gasteiger partial charge in [-0.1, -0.05) is 67.6 Å². The average molecular weight is 353 g/mol. The van der Waals surface area contributed by atoms with Crippen LogP contribution in [0.15, 0.2) is 60.7 Å². The Bertz CT molecular complexity index is 698. The van der Waals surface area contributed by atoms with Crippen molar-refractivity contribution >= 4 is 8.32 Å². The van der Waals surface area contributed by atoms with E-state index in [4.69, 9.17) is 9.16 Å². The molecule has 2 aromatic rings. The quantitative estimate of drug-likeness (QED) is 0.688. The van der Waals surface area contributed by atoms with Crippen LogP contribution in [-0.4, -0.2) is 20.5 Å². The van der Waals surface area contributed by atoms with Crippen LogP contribution in [0.3, 0.4) is 0 Å². The predicted octanol–water partition coefficient (Wildman–Crippen LogP) is 5.21. The molecule has 2 aliphatic rings. The van der Waals surface area contributed by atoms with Gasteiger partial charge in [0.05, 0.1) is 6.61 Å². The lowest BCUT2D eigenvalue weighted by Gasteiger charge is -2.61. The molecule has 0 N–H and O–H groups in total. The summed E-state index contributed by atoms with van der Waals surface area (Å²) in [5.41, 5.74) is 1.68. The molecule has 3 unspecified atom stereocenters. The molecule has 0 radical (unpaired) electrons. The van der Waals surface area contributed by atoms with E-state index in [1.54, 1.807) is 0 Å². The first-order chi connectivity index (χ1) is 11.9. The highest BCUT2D eigenvalue weighted by atomic mass is 28.4. The Labute approximate surface area is 152 Å². The van der Waals surface area contributed by atoms with E-state index in [0.29, 0.717) is 18.4 Å². The molecule has 1 aliphatic heterocycles. The zero-order valence-corrected chi connectivity index (χ0v) is 16.7. The number of ether oxygens (including phenoxy) is 1. The zero-order valence-electron chi connectivity index (χ0n) is 15.7. The van der Waals surface area contributed by atoms with Crippen molar-refractivity contribution in [1.29, 1.82) is 0 Å². The van der Waals surface area contributed by atoms with Crippen molar-refractivity contribution in [2.45, 2.75) is 44.2 Å². The van der Waals surface area contributed by atoms with Gasteiger partial charge in [-0.2, -0.15) is 0 Å². The summed E-state index contributed by atoms with van der Waals surface area (Å²) < 4.78 is 13.5. The summed E-state index contributed by atoms with van der Waals surface area (Å²) in [6.45, 7) is 9.91. The van der Waals surface area contributed by atoms with Gasteiger partial charge < -0.3 is 9.16 Å². The van der Waals surface area contributed by atoms with Gasteiger partial charge in [0.15, 0.2) is 8.32 Å². The Morgan fingerprint density at radius 3 is 1.72 bits per heavy atom. The Kier molecular flexibility index (Phi) is 3.95. The molecule has 0 amide bonds. The van der Waals surface area contributed by atoms with Crippen LogP contribution in [0.4, 0.5) is 0 Å². The summed E-state index contributed by atoms with van der Waals surface area (Å²) in [5, 5.41) is 0. The molecule has 0 aromatic heterocycles. The van der Waals surface area contributed by atoms with Crippen molar-refractivity contribution in [3.8, 4) is 0 Å². The normalized spacial score (nSPS) is 30.6. The number of rotatable bonds is 5. The van der Waals surface area contributed by atoms with Gasteiger partial charge in [0, 0.05) is 0 Å². The molecular formula is C22H28O2Si. The van der Waals surface area contributed by atoms with E-state index in [1.807, 2.05) is 0 Å². The van der Waals surface area contributed by atoms with Crippen LogP contribution in [0.25, 0.3) is 0 Å². The van der Waals surface area contributed by atoms with Crippen LogP contribution in [-0.2, 0) is 14.8 Å². The molecule has 1 saturated carbocycles. The van der Waals surface area contributed by atoms with E-state index in [-0.39, 0.29) is 5.60 Å². The van der Waals surface area contributed by atoms with Crippen LogP contribution < -0.4 is 0 Å². The molecule has 1 saturated heterocycles. The highest BCUT2D eigenvalue weighted by Gasteiger charge is 2.71. The first-order valence-electron chi connectivity index (χ1n) is 9.34. The fourth-order valence-electron chi connectivity index (χ4n) is 4.59. The molecule has 0 bridgehead atoms. The highest BCUT2D eigenvalue weighted by molar-refractivity contribution is 6.69. The second-order valence-electron chi connectivity index (χ2n) is 8.63. The molecule has 132 valence electrons. The minimum Gasteiger partial charge on any atom is -0.406 e. The first-order valence-corrected chi connectivity index (χ1v) is 12.8. The maximum atomic E-state index is 6.99. The Morgan fingerprint density at radius 1 is 0.920 bits per heavy atom. The van der Waals surface area contributed by atoms with Gasteiger partial charge in [-0.05, 0) is 49.0 Å². The molecule has 1 aliphatic carbocycles. The van der Waals surface area contributed by atoms with E-state index in [9.17, 15) is 0 Å². The van der Waals surface area contributed by atoms with Crippen molar-refractivity contribution in [1.82, 2.24) is 0 Å². The van der Waals surface area contributed by atoms with Gasteiger partial charge in [-0.25, -0.2) is 0 Å². The lowest BCUT2D eigenvalue weighted by atomic mass is 9.66. The third kappa shape index (κ3) is 2.61. The summed E-state index contributed by atoms with van der Waals surface area (Å²) in [7, 11) is -1.75. The molecule has 25 heavy (non-hydrogen) atoms. The summed E-state index contributed by atoms with van der Waals surface area (Å²) >= 11 is 0. The second-order valence-corrected chi connectivity index (χ2v) is 13.1. The number of hydrogen-bond acceptors (Lipinski definition) is 2. The lowest BCUT2D eigenvalue weighted by Crippen LogP contribution is -2.71. The topological polar surface area (TPSA) is 18.5 Å². The van der Waals surface area contributed by atoms with Gasteiger partial charge >= 0.3 is 0 Å². The van der Waals surface area contributed by atoms with Crippen LogP contribution in [0.5, 0.6) is 0 Å². The summed E-state index contributed by atoms with van der Waals surface area (Å²) in [4.78, 5) is 0. The fraction of sp³-hybridized carbons (Fsp3) is 0.455. The molecular weight excluding hydrogens is 324 g/mol. The molecule has 0 spiro atoms. The Morgan fingerprint density at radius 2 is 1.40 bits per heavy atom. The Hall–Kier alpha value is -1.42. The minimum absolute atomic E-state index is 0.250. The van der Waals surface area contributed by atoms with E-state index < -0.39 is 13.9 Å². The van der Waals surface area contributed by atoms with Gasteiger partial charge in [0.2, 0.25) is 0 Å². The monoisotopic (exact) mass is 352 g/mol. The molecule has 2 fully saturated rings. The van der Waals surface area contributed by atoms with E-state index in [0.717, 1.165) is 0 Å². The second kappa shape index (κ2) is 5.80.